The fourth-order valence-electron chi connectivity index (χ4n) is 13.9. The summed E-state index contributed by atoms with van der Waals surface area (Å²) in [6.07, 6.45) is 17.0. The van der Waals surface area contributed by atoms with Gasteiger partial charge in [-0.25, -0.2) is 0 Å². The van der Waals surface area contributed by atoms with E-state index in [0.717, 1.165) is 57.0 Å². The van der Waals surface area contributed by atoms with Crippen LogP contribution in [0.5, 0.6) is 0 Å². The quantitative estimate of drug-likeness (QED) is 0.378. The Morgan fingerprint density at radius 2 is 1.41 bits per heavy atom. The van der Waals surface area contributed by atoms with Crippen molar-refractivity contribution in [3.05, 3.63) is 0 Å². The van der Waals surface area contributed by atoms with Gasteiger partial charge in [-0.15, -0.1) is 0 Å². The largest absolute Gasteiger partial charge is 0.393 e. The highest BCUT2D eigenvalue weighted by molar-refractivity contribution is 5.84. The molecule has 1 heterocycles. The molecule has 0 aromatic heterocycles. The summed E-state index contributed by atoms with van der Waals surface area (Å²) in [4.78, 5) is 17.1. The van der Waals surface area contributed by atoms with Gasteiger partial charge in [-0.3, -0.25) is 4.79 Å². The summed E-state index contributed by atoms with van der Waals surface area (Å²) in [7, 11) is 1.83. The van der Waals surface area contributed by atoms with Crippen LogP contribution in [0.2, 0.25) is 0 Å². The number of piperidine rings is 1. The molecule has 0 aromatic carbocycles. The standard InChI is InChI=1S/C37H61NO3/c1-32(2)27-11-16-36(6)28(34(27,4)15-12-29(32)39)9-8-26-30-25(33(3)18-19-33)10-17-37(30,21-20-35(26,36)5)31(40)38-22-13-24(41-7)14-23-38/h24-30,39H,8-23H2,1-7H3/t25-,26-,27+,28-,29?,30-,34?,35-,36-,37+/m1/s1. The van der Waals surface area contributed by atoms with Crippen LogP contribution in [0.1, 0.15) is 131 Å². The van der Waals surface area contributed by atoms with Gasteiger partial charge in [-0.2, -0.15) is 0 Å². The third kappa shape index (κ3) is 3.74. The highest BCUT2D eigenvalue weighted by Gasteiger charge is 2.73. The number of carbonyl (C=O) groups excluding carboxylic acids is 1. The van der Waals surface area contributed by atoms with Gasteiger partial charge in [0, 0.05) is 20.2 Å². The van der Waals surface area contributed by atoms with E-state index in [2.05, 4.69) is 46.4 Å². The van der Waals surface area contributed by atoms with Crippen molar-refractivity contribution < 1.29 is 14.6 Å². The van der Waals surface area contributed by atoms with Gasteiger partial charge in [0.2, 0.25) is 5.91 Å². The van der Waals surface area contributed by atoms with Crippen molar-refractivity contribution in [1.82, 2.24) is 4.90 Å². The van der Waals surface area contributed by atoms with E-state index in [-0.39, 0.29) is 16.9 Å². The molecule has 1 amide bonds. The van der Waals surface area contributed by atoms with Gasteiger partial charge in [0.1, 0.15) is 0 Å². The van der Waals surface area contributed by atoms with E-state index in [1.54, 1.807) is 0 Å². The van der Waals surface area contributed by atoms with Gasteiger partial charge < -0.3 is 14.7 Å². The van der Waals surface area contributed by atoms with Gasteiger partial charge in [0.15, 0.2) is 0 Å². The number of aliphatic hydroxyl groups excluding tert-OH is 1. The average Bonchev–Trinajstić information content (AvgIpc) is 3.56. The summed E-state index contributed by atoms with van der Waals surface area (Å²) < 4.78 is 5.68. The van der Waals surface area contributed by atoms with Crippen LogP contribution in [0.4, 0.5) is 0 Å². The van der Waals surface area contributed by atoms with Gasteiger partial charge in [-0.05, 0) is 147 Å². The summed E-state index contributed by atoms with van der Waals surface area (Å²) in [6, 6.07) is 0. The molecular formula is C37H61NO3. The van der Waals surface area contributed by atoms with E-state index < -0.39 is 0 Å². The zero-order valence-electron chi connectivity index (χ0n) is 27.6. The Bertz CT molecular complexity index is 1060. The molecule has 41 heavy (non-hydrogen) atoms. The molecular weight excluding hydrogens is 506 g/mol. The van der Waals surface area contributed by atoms with Crippen LogP contribution >= 0.6 is 0 Å². The lowest BCUT2D eigenvalue weighted by Gasteiger charge is -2.73. The molecule has 1 saturated heterocycles. The molecule has 4 nitrogen and oxygen atoms in total. The number of ether oxygens (including phenoxy) is 1. The van der Waals surface area contributed by atoms with Crippen molar-refractivity contribution in [2.75, 3.05) is 20.2 Å². The summed E-state index contributed by atoms with van der Waals surface area (Å²) in [6.45, 7) is 17.2. The molecule has 4 heteroatoms. The predicted molar refractivity (Wildman–Crippen MR) is 164 cm³/mol. The number of fused-ring (bicyclic) bond motifs is 7. The van der Waals surface area contributed by atoms with Crippen LogP contribution in [-0.2, 0) is 9.53 Å². The van der Waals surface area contributed by atoms with Gasteiger partial charge in [-0.1, -0.05) is 41.5 Å². The lowest BCUT2D eigenvalue weighted by molar-refractivity contribution is -0.249. The second-order valence-corrected chi connectivity index (χ2v) is 18.3. The van der Waals surface area contributed by atoms with E-state index in [1.165, 1.54) is 57.8 Å². The molecule has 0 bridgehead atoms. The fourth-order valence-corrected chi connectivity index (χ4v) is 13.9. The first kappa shape index (κ1) is 29.1. The third-order valence-electron chi connectivity index (χ3n) is 16.8. The number of hydrogen-bond donors (Lipinski definition) is 1. The topological polar surface area (TPSA) is 49.8 Å². The maximum Gasteiger partial charge on any atom is 0.229 e. The van der Waals surface area contributed by atoms with Crippen LogP contribution in [0.3, 0.4) is 0 Å². The van der Waals surface area contributed by atoms with E-state index in [0.29, 0.717) is 51.4 Å². The number of amides is 1. The first-order valence-electron chi connectivity index (χ1n) is 17.8. The number of methoxy groups -OCH3 is 1. The van der Waals surface area contributed by atoms with Crippen molar-refractivity contribution in [2.45, 2.75) is 144 Å². The molecule has 7 rings (SSSR count). The van der Waals surface area contributed by atoms with E-state index >= 15 is 0 Å². The first-order chi connectivity index (χ1) is 19.3. The molecule has 6 aliphatic carbocycles. The molecule has 1 N–H and O–H groups in total. The van der Waals surface area contributed by atoms with Crippen molar-refractivity contribution in [2.24, 2.45) is 62.1 Å². The van der Waals surface area contributed by atoms with E-state index in [4.69, 9.17) is 4.74 Å². The molecule has 2 unspecified atom stereocenters. The van der Waals surface area contributed by atoms with Crippen LogP contribution in [0.15, 0.2) is 0 Å². The van der Waals surface area contributed by atoms with Crippen molar-refractivity contribution >= 4 is 5.91 Å². The zero-order valence-corrected chi connectivity index (χ0v) is 27.6. The highest BCUT2D eigenvalue weighted by atomic mass is 16.5. The summed E-state index contributed by atoms with van der Waals surface area (Å²) in [5.74, 6) is 3.84. The second kappa shape index (κ2) is 9.21. The van der Waals surface area contributed by atoms with Crippen LogP contribution in [-0.4, -0.2) is 48.3 Å². The Kier molecular flexibility index (Phi) is 6.54. The lowest BCUT2D eigenvalue weighted by atomic mass is 9.32. The number of nitrogens with zero attached hydrogens (tertiary/aromatic N) is 1. The number of aliphatic hydroxyl groups is 1. The van der Waals surface area contributed by atoms with E-state index in [1.807, 2.05) is 7.11 Å². The Balaban J connectivity index is 1.24. The molecule has 6 saturated carbocycles. The van der Waals surface area contributed by atoms with Gasteiger partial charge in [0.05, 0.1) is 17.6 Å². The lowest BCUT2D eigenvalue weighted by Crippen LogP contribution is -2.67. The van der Waals surface area contributed by atoms with Gasteiger partial charge >= 0.3 is 0 Å². The monoisotopic (exact) mass is 567 g/mol. The minimum absolute atomic E-state index is 0.00754. The smallest absolute Gasteiger partial charge is 0.229 e. The van der Waals surface area contributed by atoms with Crippen molar-refractivity contribution in [3.63, 3.8) is 0 Å². The minimum atomic E-state index is -0.161. The third-order valence-corrected chi connectivity index (χ3v) is 16.8. The maximum absolute atomic E-state index is 14.8. The van der Waals surface area contributed by atoms with Crippen LogP contribution < -0.4 is 0 Å². The fraction of sp³-hybridized carbons (Fsp3) is 0.973. The highest BCUT2D eigenvalue weighted by Crippen LogP contribution is 2.79. The van der Waals surface area contributed by atoms with Crippen LogP contribution in [0.25, 0.3) is 0 Å². The van der Waals surface area contributed by atoms with Crippen LogP contribution in [0, 0.1) is 62.1 Å². The number of likely N-dealkylation sites (tertiary alicyclic amines) is 1. The summed E-state index contributed by atoms with van der Waals surface area (Å²) in [5.41, 5.74) is 1.30. The molecule has 7 aliphatic rings. The molecule has 10 atom stereocenters. The van der Waals surface area contributed by atoms with Gasteiger partial charge in [0.25, 0.3) is 0 Å². The molecule has 1 aliphatic heterocycles. The second-order valence-electron chi connectivity index (χ2n) is 18.3. The molecule has 0 spiro atoms. The zero-order chi connectivity index (χ0) is 29.2. The Labute approximate surface area is 251 Å². The minimum Gasteiger partial charge on any atom is -0.393 e. The number of rotatable bonds is 3. The van der Waals surface area contributed by atoms with Crippen molar-refractivity contribution in [3.8, 4) is 0 Å². The number of hydrogen-bond acceptors (Lipinski definition) is 3. The number of carbonyl (C=O) groups is 1. The average molecular weight is 568 g/mol. The first-order valence-corrected chi connectivity index (χ1v) is 17.8. The molecule has 0 radical (unpaired) electrons. The SMILES string of the molecule is COC1CCN(C(=O)[C@]23CC[C@@H](C4(C)CC4)[C@@H]2[C@H]2CC[C@@H]4C5(C)CCC(O)C(C)(C)[C@@H]5CC[C@@]4(C)[C@]2(C)CC3)CC1. The molecule has 7 fully saturated rings. The summed E-state index contributed by atoms with van der Waals surface area (Å²) in [5, 5.41) is 11.1. The predicted octanol–water partition coefficient (Wildman–Crippen LogP) is 7.87. The normalized spacial score (nSPS) is 52.1. The summed E-state index contributed by atoms with van der Waals surface area (Å²) >= 11 is 0. The van der Waals surface area contributed by atoms with E-state index in [9.17, 15) is 9.90 Å². The molecule has 232 valence electrons. The Morgan fingerprint density at radius 3 is 2.07 bits per heavy atom. The van der Waals surface area contributed by atoms with Crippen molar-refractivity contribution in [1.29, 1.82) is 0 Å². The maximum atomic E-state index is 14.8. The Morgan fingerprint density at radius 1 is 0.707 bits per heavy atom. The Hall–Kier alpha value is -0.610. The molecule has 0 aromatic rings.